The van der Waals surface area contributed by atoms with Gasteiger partial charge in [-0.3, -0.25) is 9.69 Å². The number of carbonyl (C=O) groups is 2. The second kappa shape index (κ2) is 11.8. The molecule has 0 spiro atoms. The Morgan fingerprint density at radius 1 is 1.14 bits per heavy atom. The van der Waals surface area contributed by atoms with E-state index < -0.39 is 0 Å². The molecule has 0 atom stereocenters. The summed E-state index contributed by atoms with van der Waals surface area (Å²) >= 11 is 0. The van der Waals surface area contributed by atoms with Crippen LogP contribution in [0.25, 0.3) is 0 Å². The molecule has 1 aliphatic rings. The third kappa shape index (κ3) is 6.83. The fourth-order valence-corrected chi connectivity index (χ4v) is 4.12. The average Bonchev–Trinajstić information content (AvgIpc) is 2.97. The first-order valence-electron chi connectivity index (χ1n) is 12.0. The third-order valence-electron chi connectivity index (χ3n) is 6.21. The minimum atomic E-state index is -0.315. The van der Waals surface area contributed by atoms with Crippen molar-refractivity contribution in [2.45, 2.75) is 40.7 Å². The molecule has 1 fully saturated rings. The number of halogens is 1. The van der Waals surface area contributed by atoms with E-state index in [0.717, 1.165) is 23.2 Å². The first-order valence-corrected chi connectivity index (χ1v) is 12.0. The normalized spacial score (nSPS) is 14.5. The predicted molar refractivity (Wildman–Crippen MR) is 132 cm³/mol. The summed E-state index contributed by atoms with van der Waals surface area (Å²) in [6.45, 7) is 11.0. The highest BCUT2D eigenvalue weighted by molar-refractivity contribution is 5.93. The van der Waals surface area contributed by atoms with Gasteiger partial charge in [-0.1, -0.05) is 26.0 Å². The molecule has 2 heterocycles. The van der Waals surface area contributed by atoms with E-state index in [-0.39, 0.29) is 30.3 Å². The summed E-state index contributed by atoms with van der Waals surface area (Å²) in [6, 6.07) is 8.38. The maximum atomic E-state index is 13.3. The van der Waals surface area contributed by atoms with Crippen LogP contribution in [0.4, 0.5) is 15.0 Å². The smallest absolute Gasteiger partial charge is 0.409 e. The second-order valence-corrected chi connectivity index (χ2v) is 9.39. The lowest BCUT2D eigenvalue weighted by atomic mass is 10.2. The van der Waals surface area contributed by atoms with Crippen LogP contribution in [0.5, 0.6) is 0 Å². The molecule has 1 N–H and O–H groups in total. The van der Waals surface area contributed by atoms with Crippen molar-refractivity contribution in [3.05, 3.63) is 52.5 Å². The highest BCUT2D eigenvalue weighted by Crippen LogP contribution is 2.27. The van der Waals surface area contributed by atoms with Crippen molar-refractivity contribution in [3.8, 4) is 6.07 Å². The maximum Gasteiger partial charge on any atom is 0.409 e. The largest absolute Gasteiger partial charge is 0.449 e. The van der Waals surface area contributed by atoms with E-state index in [2.05, 4.69) is 11.4 Å². The molecule has 8 nitrogen and oxygen atoms in total. The lowest BCUT2D eigenvalue weighted by Crippen LogP contribution is -2.38. The van der Waals surface area contributed by atoms with Crippen LogP contribution in [0, 0.1) is 36.9 Å². The van der Waals surface area contributed by atoms with Crippen LogP contribution in [0.1, 0.15) is 42.7 Å². The number of anilines is 1. The zero-order chi connectivity index (χ0) is 25.5. The van der Waals surface area contributed by atoms with E-state index in [9.17, 15) is 19.2 Å². The summed E-state index contributed by atoms with van der Waals surface area (Å²) in [6.07, 6.45) is 0.431. The van der Waals surface area contributed by atoms with Gasteiger partial charge >= 0.3 is 6.09 Å². The van der Waals surface area contributed by atoms with Gasteiger partial charge in [0.15, 0.2) is 0 Å². The molecule has 0 bridgehead atoms. The molecule has 1 saturated heterocycles. The number of nitrogens with one attached hydrogen (secondary N) is 1. The van der Waals surface area contributed by atoms with E-state index >= 15 is 0 Å². The molecule has 0 unspecified atom stereocenters. The van der Waals surface area contributed by atoms with Crippen LogP contribution in [-0.2, 0) is 16.1 Å². The van der Waals surface area contributed by atoms with Gasteiger partial charge in [0.1, 0.15) is 17.7 Å². The Labute approximate surface area is 206 Å². The van der Waals surface area contributed by atoms with Crippen LogP contribution in [0.15, 0.2) is 24.3 Å². The molecule has 2 amide bonds. The van der Waals surface area contributed by atoms with Crippen molar-refractivity contribution in [3.63, 3.8) is 0 Å². The number of benzene rings is 1. The molecule has 1 aromatic carbocycles. The van der Waals surface area contributed by atoms with Gasteiger partial charge in [-0.2, -0.15) is 5.26 Å². The van der Waals surface area contributed by atoms with Gasteiger partial charge in [0.25, 0.3) is 0 Å². The van der Waals surface area contributed by atoms with Crippen LogP contribution >= 0.6 is 0 Å². The molecule has 9 heteroatoms. The van der Waals surface area contributed by atoms with E-state index in [4.69, 9.17) is 4.74 Å². The van der Waals surface area contributed by atoms with Crippen molar-refractivity contribution in [1.29, 1.82) is 5.26 Å². The van der Waals surface area contributed by atoms with E-state index in [1.165, 1.54) is 12.1 Å². The lowest BCUT2D eigenvalue weighted by molar-refractivity contribution is -0.117. The second-order valence-electron chi connectivity index (χ2n) is 9.39. The Hall–Kier alpha value is -3.38. The summed E-state index contributed by atoms with van der Waals surface area (Å²) in [5.74, 6) is 0.184. The van der Waals surface area contributed by atoms with Gasteiger partial charge in [-0.25, -0.2) is 9.18 Å². The fraction of sp³-hybridized carbons (Fsp3) is 0.500. The van der Waals surface area contributed by atoms with Crippen LogP contribution < -0.4 is 5.32 Å². The summed E-state index contributed by atoms with van der Waals surface area (Å²) in [7, 11) is 0. The Kier molecular flexibility index (Phi) is 8.88. The lowest BCUT2D eigenvalue weighted by Gasteiger charge is -2.22. The van der Waals surface area contributed by atoms with Gasteiger partial charge in [0, 0.05) is 38.4 Å². The monoisotopic (exact) mass is 483 g/mol. The predicted octanol–water partition coefficient (Wildman–Crippen LogP) is 3.90. The number of hydrogen-bond acceptors (Lipinski definition) is 5. The number of nitrogens with zero attached hydrogens (tertiary/aromatic N) is 4. The van der Waals surface area contributed by atoms with Gasteiger partial charge in [0.2, 0.25) is 5.91 Å². The molecular weight excluding hydrogens is 449 g/mol. The van der Waals surface area contributed by atoms with Gasteiger partial charge in [-0.15, -0.1) is 0 Å². The molecule has 1 aliphatic heterocycles. The molecule has 1 aromatic heterocycles. The molecule has 35 heavy (non-hydrogen) atoms. The van der Waals surface area contributed by atoms with Gasteiger partial charge in [-0.05, 0) is 49.4 Å². The van der Waals surface area contributed by atoms with E-state index in [1.807, 2.05) is 37.2 Å². The average molecular weight is 484 g/mol. The highest BCUT2D eigenvalue weighted by Gasteiger charge is 2.24. The van der Waals surface area contributed by atoms with E-state index in [1.54, 1.807) is 17.0 Å². The Balaban J connectivity index is 1.66. The molecule has 2 aromatic rings. The number of carbonyl (C=O) groups excluding carboxylic acids is 2. The van der Waals surface area contributed by atoms with Crippen LogP contribution in [0.2, 0.25) is 0 Å². The third-order valence-corrected chi connectivity index (χ3v) is 6.21. The summed E-state index contributed by atoms with van der Waals surface area (Å²) in [5.41, 5.74) is 2.95. The van der Waals surface area contributed by atoms with Gasteiger partial charge in [0.05, 0.1) is 18.7 Å². The molecule has 3 rings (SSSR count). The fourth-order valence-electron chi connectivity index (χ4n) is 4.12. The van der Waals surface area contributed by atoms with Crippen molar-refractivity contribution in [2.75, 3.05) is 44.6 Å². The number of aromatic nitrogens is 1. The van der Waals surface area contributed by atoms with Gasteiger partial charge < -0.3 is 19.5 Å². The number of nitriles is 1. The van der Waals surface area contributed by atoms with E-state index in [0.29, 0.717) is 50.7 Å². The standard InChI is InChI=1S/C26H34FN5O3/c1-18(2)17-35-26(34)31-11-5-10-30(12-13-31)16-24(33)29-25-23(14-28)19(3)20(4)32(25)15-21-6-8-22(27)9-7-21/h6-9,18H,5,10-13,15-17H2,1-4H3,(H,29,33). The van der Waals surface area contributed by atoms with Crippen LogP contribution in [-0.4, -0.2) is 65.7 Å². The number of ether oxygens (including phenoxy) is 1. The number of amides is 2. The Morgan fingerprint density at radius 3 is 2.51 bits per heavy atom. The van der Waals surface area contributed by atoms with Crippen LogP contribution in [0.3, 0.4) is 0 Å². The zero-order valence-corrected chi connectivity index (χ0v) is 20.9. The Morgan fingerprint density at radius 2 is 1.86 bits per heavy atom. The van der Waals surface area contributed by atoms with Crippen molar-refractivity contribution in [1.82, 2.24) is 14.4 Å². The maximum absolute atomic E-state index is 13.3. The molecule has 0 aliphatic carbocycles. The van der Waals surface area contributed by atoms with Crippen molar-refractivity contribution in [2.24, 2.45) is 5.92 Å². The topological polar surface area (TPSA) is 90.6 Å². The molecule has 188 valence electrons. The molecule has 0 radical (unpaired) electrons. The first-order chi connectivity index (χ1) is 16.7. The minimum absolute atomic E-state index is 0.152. The highest BCUT2D eigenvalue weighted by atomic mass is 19.1. The summed E-state index contributed by atoms with van der Waals surface area (Å²) < 4.78 is 20.5. The van der Waals surface area contributed by atoms with Crippen molar-refractivity contribution >= 4 is 17.8 Å². The first kappa shape index (κ1) is 26.2. The number of hydrogen-bond donors (Lipinski definition) is 1. The molecule has 0 saturated carbocycles. The number of rotatable bonds is 7. The summed E-state index contributed by atoms with van der Waals surface area (Å²) in [5, 5.41) is 12.7. The Bertz CT molecular complexity index is 1090. The molecular formula is C26H34FN5O3. The summed E-state index contributed by atoms with van der Waals surface area (Å²) in [4.78, 5) is 29.0. The zero-order valence-electron chi connectivity index (χ0n) is 20.9. The quantitative estimate of drug-likeness (QED) is 0.645. The minimum Gasteiger partial charge on any atom is -0.449 e. The van der Waals surface area contributed by atoms with Crippen molar-refractivity contribution < 1.29 is 18.7 Å². The SMILES string of the molecule is Cc1c(C#N)c(NC(=O)CN2CCCN(C(=O)OCC(C)C)CC2)n(Cc2ccc(F)cc2)c1C.